The highest BCUT2D eigenvalue weighted by Crippen LogP contribution is 2.47. The molecule has 1 saturated carbocycles. The van der Waals surface area contributed by atoms with E-state index >= 15 is 0 Å². The molecule has 30 heavy (non-hydrogen) atoms. The molecule has 0 bridgehead atoms. The Morgan fingerprint density at radius 3 is 2.30 bits per heavy atom. The van der Waals surface area contributed by atoms with Gasteiger partial charge in [-0.1, -0.05) is 33.8 Å². The van der Waals surface area contributed by atoms with Gasteiger partial charge in [0.15, 0.2) is 0 Å². The summed E-state index contributed by atoms with van der Waals surface area (Å²) >= 11 is 0. The van der Waals surface area contributed by atoms with Crippen molar-refractivity contribution in [3.63, 3.8) is 0 Å². The number of benzene rings is 1. The lowest BCUT2D eigenvalue weighted by molar-refractivity contribution is 0.0525. The van der Waals surface area contributed by atoms with Gasteiger partial charge in [-0.2, -0.15) is 0 Å². The van der Waals surface area contributed by atoms with Crippen molar-refractivity contribution in [3.8, 4) is 0 Å². The van der Waals surface area contributed by atoms with Crippen LogP contribution >= 0.6 is 0 Å². The zero-order valence-corrected chi connectivity index (χ0v) is 18.9. The fourth-order valence-corrected chi connectivity index (χ4v) is 4.39. The zero-order chi connectivity index (χ0) is 21.5. The van der Waals surface area contributed by atoms with Crippen LogP contribution in [0.1, 0.15) is 81.8 Å². The van der Waals surface area contributed by atoms with Crippen molar-refractivity contribution in [2.75, 3.05) is 18.1 Å². The Hall–Kier alpha value is -2.43. The highest BCUT2D eigenvalue weighted by Gasteiger charge is 2.37. The van der Waals surface area contributed by atoms with E-state index in [4.69, 9.17) is 4.74 Å². The minimum absolute atomic E-state index is 0.154. The fraction of sp³-hybridized carbons (Fsp3) is 0.560. The molecule has 2 aromatic rings. The number of carbonyl (C=O) groups is 1. The molecule has 2 aliphatic rings. The van der Waals surface area contributed by atoms with E-state index in [0.717, 1.165) is 12.2 Å². The first-order valence-electron chi connectivity index (χ1n) is 11.1. The van der Waals surface area contributed by atoms with Crippen LogP contribution in [0.3, 0.4) is 0 Å². The summed E-state index contributed by atoms with van der Waals surface area (Å²) in [5.74, 6) is 0.942. The van der Waals surface area contributed by atoms with E-state index in [0.29, 0.717) is 24.0 Å². The highest BCUT2D eigenvalue weighted by atomic mass is 16.5. The summed E-state index contributed by atoms with van der Waals surface area (Å²) in [4.78, 5) is 23.2. The molecule has 0 atom stereocenters. The van der Waals surface area contributed by atoms with E-state index in [2.05, 4.69) is 60.8 Å². The summed E-state index contributed by atoms with van der Waals surface area (Å²) in [5, 5.41) is 0. The standard InChI is InChI=1S/C25H33N3O2/c1-6-30-22(29)18-14-26-23(27-15-18)28(16-17-7-8-17)19-9-10-20-21(13-19)25(4,5)12-11-24(20,2)3/h9-10,13-15,17H,6-8,11-12,16H2,1-5H3. The van der Waals surface area contributed by atoms with Gasteiger partial charge in [0.1, 0.15) is 0 Å². The Bertz CT molecular complexity index is 930. The van der Waals surface area contributed by atoms with Crippen LogP contribution in [-0.4, -0.2) is 29.1 Å². The molecule has 1 heterocycles. The molecule has 1 fully saturated rings. The van der Waals surface area contributed by atoms with E-state index in [1.807, 2.05) is 0 Å². The van der Waals surface area contributed by atoms with Crippen LogP contribution in [0.25, 0.3) is 0 Å². The third-order valence-corrected chi connectivity index (χ3v) is 6.68. The molecular formula is C25H33N3O2. The van der Waals surface area contributed by atoms with Gasteiger partial charge in [0.25, 0.3) is 0 Å². The Labute approximate surface area is 179 Å². The molecule has 0 spiro atoms. The van der Waals surface area contributed by atoms with Gasteiger partial charge in [-0.3, -0.25) is 0 Å². The van der Waals surface area contributed by atoms with Crippen LogP contribution in [0, 0.1) is 5.92 Å². The largest absolute Gasteiger partial charge is 0.462 e. The molecule has 0 radical (unpaired) electrons. The summed E-state index contributed by atoms with van der Waals surface area (Å²) in [6.07, 6.45) is 8.04. The molecule has 5 nitrogen and oxygen atoms in total. The lowest BCUT2D eigenvalue weighted by Crippen LogP contribution is -2.34. The fourth-order valence-electron chi connectivity index (χ4n) is 4.39. The van der Waals surface area contributed by atoms with Crippen molar-refractivity contribution < 1.29 is 9.53 Å². The van der Waals surface area contributed by atoms with Crippen LogP contribution in [-0.2, 0) is 15.6 Å². The molecule has 4 rings (SSSR count). The van der Waals surface area contributed by atoms with Gasteiger partial charge in [0, 0.05) is 24.6 Å². The van der Waals surface area contributed by atoms with E-state index in [1.165, 1.54) is 36.8 Å². The average Bonchev–Trinajstić information content (AvgIpc) is 3.54. The van der Waals surface area contributed by atoms with Crippen LogP contribution in [0.2, 0.25) is 0 Å². The van der Waals surface area contributed by atoms with Gasteiger partial charge in [0.05, 0.1) is 12.2 Å². The Morgan fingerprint density at radius 2 is 1.70 bits per heavy atom. The second-order valence-corrected chi connectivity index (χ2v) is 10.0. The van der Waals surface area contributed by atoms with Gasteiger partial charge in [-0.15, -0.1) is 0 Å². The van der Waals surface area contributed by atoms with E-state index in [9.17, 15) is 4.79 Å². The number of rotatable bonds is 6. The van der Waals surface area contributed by atoms with Gasteiger partial charge in [-0.25, -0.2) is 14.8 Å². The molecule has 5 heteroatoms. The third kappa shape index (κ3) is 4.07. The van der Waals surface area contributed by atoms with Crippen molar-refractivity contribution in [3.05, 3.63) is 47.3 Å². The van der Waals surface area contributed by atoms with Gasteiger partial charge in [0.2, 0.25) is 5.95 Å². The minimum Gasteiger partial charge on any atom is -0.462 e. The highest BCUT2D eigenvalue weighted by molar-refractivity contribution is 5.88. The molecule has 0 aliphatic heterocycles. The van der Waals surface area contributed by atoms with Crippen molar-refractivity contribution >= 4 is 17.6 Å². The maximum absolute atomic E-state index is 12.0. The summed E-state index contributed by atoms with van der Waals surface area (Å²) < 4.78 is 5.06. The van der Waals surface area contributed by atoms with Crippen LogP contribution < -0.4 is 4.90 Å². The SMILES string of the molecule is CCOC(=O)c1cnc(N(CC2CC2)c2ccc3c(c2)C(C)(C)CCC3(C)C)nc1. The maximum atomic E-state index is 12.0. The number of ether oxygens (including phenoxy) is 1. The molecule has 0 N–H and O–H groups in total. The number of aromatic nitrogens is 2. The topological polar surface area (TPSA) is 55.3 Å². The number of hydrogen-bond donors (Lipinski definition) is 0. The molecule has 1 aromatic heterocycles. The second-order valence-electron chi connectivity index (χ2n) is 10.0. The van der Waals surface area contributed by atoms with Crippen molar-refractivity contribution in [2.45, 2.75) is 71.1 Å². The lowest BCUT2D eigenvalue weighted by atomic mass is 9.63. The third-order valence-electron chi connectivity index (χ3n) is 6.68. The summed E-state index contributed by atoms with van der Waals surface area (Å²) in [6.45, 7) is 12.4. The van der Waals surface area contributed by atoms with E-state index < -0.39 is 0 Å². The normalized spacial score (nSPS) is 19.1. The molecule has 160 valence electrons. The van der Waals surface area contributed by atoms with Crippen molar-refractivity contribution in [2.24, 2.45) is 5.92 Å². The summed E-state index contributed by atoms with van der Waals surface area (Å²) in [6, 6.07) is 6.87. The van der Waals surface area contributed by atoms with E-state index in [-0.39, 0.29) is 16.8 Å². The molecule has 1 aromatic carbocycles. The number of esters is 1. The summed E-state index contributed by atoms with van der Waals surface area (Å²) in [5.41, 5.74) is 4.76. The predicted molar refractivity (Wildman–Crippen MR) is 119 cm³/mol. The molecule has 0 amide bonds. The Balaban J connectivity index is 1.70. The average molecular weight is 408 g/mol. The first-order valence-corrected chi connectivity index (χ1v) is 11.1. The molecular weight excluding hydrogens is 374 g/mol. The second kappa shape index (κ2) is 7.68. The lowest BCUT2D eigenvalue weighted by Gasteiger charge is -2.42. The van der Waals surface area contributed by atoms with Crippen molar-refractivity contribution in [1.29, 1.82) is 0 Å². The number of nitrogens with zero attached hydrogens (tertiary/aromatic N) is 3. The van der Waals surface area contributed by atoms with Gasteiger partial charge >= 0.3 is 5.97 Å². The van der Waals surface area contributed by atoms with Crippen LogP contribution in [0.4, 0.5) is 11.6 Å². The van der Waals surface area contributed by atoms with Crippen LogP contribution in [0.15, 0.2) is 30.6 Å². The van der Waals surface area contributed by atoms with Crippen molar-refractivity contribution in [1.82, 2.24) is 9.97 Å². The quantitative estimate of drug-likeness (QED) is 0.588. The molecule has 0 unspecified atom stereocenters. The summed E-state index contributed by atoms with van der Waals surface area (Å²) in [7, 11) is 0. The number of anilines is 2. The van der Waals surface area contributed by atoms with Gasteiger partial charge < -0.3 is 9.64 Å². The van der Waals surface area contributed by atoms with Gasteiger partial charge in [-0.05, 0) is 72.6 Å². The van der Waals surface area contributed by atoms with E-state index in [1.54, 1.807) is 19.3 Å². The Kier molecular flexibility index (Phi) is 5.33. The number of fused-ring (bicyclic) bond motifs is 1. The monoisotopic (exact) mass is 407 g/mol. The Morgan fingerprint density at radius 1 is 1.07 bits per heavy atom. The van der Waals surface area contributed by atoms with Crippen LogP contribution in [0.5, 0.6) is 0 Å². The molecule has 2 aliphatic carbocycles. The number of hydrogen-bond acceptors (Lipinski definition) is 5. The first-order chi connectivity index (χ1) is 14.2. The maximum Gasteiger partial charge on any atom is 0.341 e. The first kappa shape index (κ1) is 20.8. The number of carbonyl (C=O) groups excluding carboxylic acids is 1. The minimum atomic E-state index is -0.379. The zero-order valence-electron chi connectivity index (χ0n) is 18.9. The molecule has 0 saturated heterocycles. The smallest absolute Gasteiger partial charge is 0.341 e. The predicted octanol–water partition coefficient (Wildman–Crippen LogP) is 5.55.